The van der Waals surface area contributed by atoms with E-state index in [1.54, 1.807) is 0 Å². The number of nitrogens with one attached hydrogen (secondary N) is 2. The number of rotatable bonds is 4. The molecular weight excluding hydrogens is 300 g/mol. The van der Waals surface area contributed by atoms with Gasteiger partial charge in [0.25, 0.3) is 0 Å². The van der Waals surface area contributed by atoms with Crippen molar-refractivity contribution in [1.29, 1.82) is 0 Å². The zero-order valence-electron chi connectivity index (χ0n) is 13.7. The number of alkyl carbamates (subject to hydrolysis) is 1. The summed E-state index contributed by atoms with van der Waals surface area (Å²) in [5.74, 6) is 0. The number of halogens is 1. The first-order valence-electron chi connectivity index (χ1n) is 7.73. The monoisotopic (exact) mass is 324 g/mol. The van der Waals surface area contributed by atoms with Crippen LogP contribution in [0.1, 0.15) is 38.8 Å². The Morgan fingerprint density at radius 1 is 1.36 bits per heavy atom. The first kappa shape index (κ1) is 17.1. The predicted molar refractivity (Wildman–Crippen MR) is 89.5 cm³/mol. The summed E-state index contributed by atoms with van der Waals surface area (Å²) >= 11 is 6.03. The van der Waals surface area contributed by atoms with Crippen molar-refractivity contribution in [3.8, 4) is 0 Å². The zero-order chi connectivity index (χ0) is 16.3. The first-order valence-corrected chi connectivity index (χ1v) is 8.11. The van der Waals surface area contributed by atoms with Gasteiger partial charge in [0.15, 0.2) is 0 Å². The Hall–Kier alpha value is -1.26. The Balaban J connectivity index is 1.75. The maximum Gasteiger partial charge on any atom is 0.407 e. The van der Waals surface area contributed by atoms with Crippen molar-refractivity contribution in [3.05, 3.63) is 34.3 Å². The number of carbonyl (C=O) groups is 1. The van der Waals surface area contributed by atoms with Gasteiger partial charge < -0.3 is 15.4 Å². The quantitative estimate of drug-likeness (QED) is 0.893. The van der Waals surface area contributed by atoms with E-state index in [2.05, 4.69) is 23.6 Å². The minimum Gasteiger partial charge on any atom is -0.444 e. The highest BCUT2D eigenvalue weighted by Crippen LogP contribution is 2.25. The molecule has 4 nitrogen and oxygen atoms in total. The molecule has 1 aliphatic rings. The van der Waals surface area contributed by atoms with Crippen molar-refractivity contribution in [3.63, 3.8) is 0 Å². The van der Waals surface area contributed by atoms with Crippen LogP contribution in [0, 0.1) is 0 Å². The molecule has 0 bridgehead atoms. The van der Waals surface area contributed by atoms with Gasteiger partial charge >= 0.3 is 6.09 Å². The number of hydrogen-bond donors (Lipinski definition) is 2. The highest BCUT2D eigenvalue weighted by Gasteiger charge is 2.23. The topological polar surface area (TPSA) is 50.4 Å². The third kappa shape index (κ3) is 5.18. The fourth-order valence-corrected chi connectivity index (χ4v) is 2.91. The number of hydrogen-bond acceptors (Lipinski definition) is 3. The van der Waals surface area contributed by atoms with E-state index in [4.69, 9.17) is 16.3 Å². The van der Waals surface area contributed by atoms with E-state index in [1.165, 1.54) is 11.1 Å². The molecule has 0 saturated carbocycles. The van der Waals surface area contributed by atoms with E-state index in [1.807, 2.05) is 32.9 Å². The van der Waals surface area contributed by atoms with Gasteiger partial charge in [-0.2, -0.15) is 0 Å². The number of fused-ring (bicyclic) bond motifs is 1. The van der Waals surface area contributed by atoms with Crippen LogP contribution in [-0.2, 0) is 17.6 Å². The maximum absolute atomic E-state index is 11.6. The molecule has 2 N–H and O–H groups in total. The molecule has 0 aliphatic heterocycles. The second-order valence-corrected chi connectivity index (χ2v) is 7.41. The van der Waals surface area contributed by atoms with Crippen LogP contribution >= 0.6 is 11.6 Å². The molecule has 2 atom stereocenters. The summed E-state index contributed by atoms with van der Waals surface area (Å²) in [5, 5.41) is 7.14. The third-order valence-corrected chi connectivity index (χ3v) is 3.81. The van der Waals surface area contributed by atoms with Crippen LogP contribution < -0.4 is 10.6 Å². The van der Waals surface area contributed by atoms with E-state index >= 15 is 0 Å². The summed E-state index contributed by atoms with van der Waals surface area (Å²) in [6, 6.07) is 6.66. The Bertz CT molecular complexity index is 540. The van der Waals surface area contributed by atoms with E-state index in [9.17, 15) is 4.79 Å². The lowest BCUT2D eigenvalue weighted by molar-refractivity contribution is 0.0522. The minimum absolute atomic E-state index is 0.183. The average molecular weight is 325 g/mol. The number of amides is 1. The first-order chi connectivity index (χ1) is 10.2. The Labute approximate surface area is 137 Å². The van der Waals surface area contributed by atoms with E-state index in [0.29, 0.717) is 12.6 Å². The molecule has 122 valence electrons. The van der Waals surface area contributed by atoms with Crippen LogP contribution in [0.4, 0.5) is 4.79 Å². The van der Waals surface area contributed by atoms with Crippen molar-refractivity contribution in [2.45, 2.75) is 58.2 Å². The summed E-state index contributed by atoms with van der Waals surface area (Å²) in [7, 11) is 0. The van der Waals surface area contributed by atoms with Crippen LogP contribution in [0.15, 0.2) is 18.2 Å². The average Bonchev–Trinajstić information content (AvgIpc) is 2.75. The van der Waals surface area contributed by atoms with Crippen molar-refractivity contribution in [1.82, 2.24) is 10.6 Å². The number of carbonyl (C=O) groups excluding carboxylic acids is 1. The van der Waals surface area contributed by atoms with Gasteiger partial charge in [-0.05, 0) is 63.8 Å². The largest absolute Gasteiger partial charge is 0.444 e. The van der Waals surface area contributed by atoms with Gasteiger partial charge in [-0.15, -0.1) is 0 Å². The molecule has 0 fully saturated rings. The van der Waals surface area contributed by atoms with Crippen LogP contribution in [-0.4, -0.2) is 30.3 Å². The summed E-state index contributed by atoms with van der Waals surface area (Å²) in [5.41, 5.74) is 2.21. The molecule has 0 saturated heterocycles. The van der Waals surface area contributed by atoms with Gasteiger partial charge in [-0.1, -0.05) is 17.7 Å². The molecule has 22 heavy (non-hydrogen) atoms. The van der Waals surface area contributed by atoms with Crippen molar-refractivity contribution < 1.29 is 9.53 Å². The van der Waals surface area contributed by atoms with Crippen LogP contribution in [0.5, 0.6) is 0 Å². The van der Waals surface area contributed by atoms with Crippen molar-refractivity contribution in [2.24, 2.45) is 0 Å². The van der Waals surface area contributed by atoms with Crippen LogP contribution in [0.2, 0.25) is 5.02 Å². The molecule has 2 rings (SSSR count). The molecule has 0 aromatic heterocycles. The van der Waals surface area contributed by atoms with E-state index in [0.717, 1.165) is 17.9 Å². The van der Waals surface area contributed by atoms with Crippen LogP contribution in [0.3, 0.4) is 0 Å². The van der Waals surface area contributed by atoms with Crippen molar-refractivity contribution in [2.75, 3.05) is 6.54 Å². The van der Waals surface area contributed by atoms with E-state index in [-0.39, 0.29) is 12.1 Å². The Morgan fingerprint density at radius 2 is 2.05 bits per heavy atom. The maximum atomic E-state index is 11.6. The zero-order valence-corrected chi connectivity index (χ0v) is 14.5. The summed E-state index contributed by atoms with van der Waals surface area (Å²) in [6.07, 6.45) is 1.61. The Kier molecular flexibility index (Phi) is 5.35. The SMILES string of the molecule is CC(CNC(=O)OC(C)(C)C)NC1Cc2ccc(Cl)cc2C1. The highest BCUT2D eigenvalue weighted by atomic mass is 35.5. The number of ether oxygens (including phenoxy) is 1. The lowest BCUT2D eigenvalue weighted by Crippen LogP contribution is -2.45. The smallest absolute Gasteiger partial charge is 0.407 e. The standard InChI is InChI=1S/C17H25ClN2O2/c1-11(10-19-16(21)22-17(2,3)4)20-15-8-12-5-6-14(18)7-13(12)9-15/h5-7,11,15,20H,8-10H2,1-4H3,(H,19,21). The normalized spacial score (nSPS) is 18.7. The predicted octanol–water partition coefficient (Wildman–Crippen LogP) is 3.31. The molecule has 1 amide bonds. The van der Waals surface area contributed by atoms with Gasteiger partial charge in [0.05, 0.1) is 0 Å². The molecule has 1 aromatic carbocycles. The molecule has 0 heterocycles. The van der Waals surface area contributed by atoms with Crippen molar-refractivity contribution >= 4 is 17.7 Å². The molecule has 1 aliphatic carbocycles. The lowest BCUT2D eigenvalue weighted by Gasteiger charge is -2.22. The molecule has 2 unspecified atom stereocenters. The Morgan fingerprint density at radius 3 is 2.73 bits per heavy atom. The van der Waals surface area contributed by atoms with Gasteiger partial charge in [0, 0.05) is 23.7 Å². The van der Waals surface area contributed by atoms with Gasteiger partial charge in [-0.3, -0.25) is 0 Å². The molecule has 0 spiro atoms. The molecule has 5 heteroatoms. The van der Waals surface area contributed by atoms with Crippen LogP contribution in [0.25, 0.3) is 0 Å². The third-order valence-electron chi connectivity index (χ3n) is 3.57. The fourth-order valence-electron chi connectivity index (χ4n) is 2.72. The van der Waals surface area contributed by atoms with Gasteiger partial charge in [0.2, 0.25) is 0 Å². The summed E-state index contributed by atoms with van der Waals surface area (Å²) in [4.78, 5) is 11.6. The van der Waals surface area contributed by atoms with E-state index < -0.39 is 5.60 Å². The molecular formula is C17H25ClN2O2. The highest BCUT2D eigenvalue weighted by molar-refractivity contribution is 6.30. The molecule has 1 aromatic rings. The van der Waals surface area contributed by atoms with Gasteiger partial charge in [0.1, 0.15) is 5.60 Å². The fraction of sp³-hybridized carbons (Fsp3) is 0.588. The second kappa shape index (κ2) is 6.88. The summed E-state index contributed by atoms with van der Waals surface area (Å²) < 4.78 is 5.23. The second-order valence-electron chi connectivity index (χ2n) is 6.97. The van der Waals surface area contributed by atoms with Gasteiger partial charge in [-0.25, -0.2) is 4.79 Å². The molecule has 0 radical (unpaired) electrons. The lowest BCUT2D eigenvalue weighted by atomic mass is 10.1. The summed E-state index contributed by atoms with van der Waals surface area (Å²) in [6.45, 7) is 8.18. The number of benzene rings is 1. The minimum atomic E-state index is -0.465.